The van der Waals surface area contributed by atoms with Crippen LogP contribution in [0.5, 0.6) is 0 Å². The van der Waals surface area contributed by atoms with Gasteiger partial charge in [-0.1, -0.05) is 6.92 Å². The minimum Gasteiger partial charge on any atom is -0.332 e. The van der Waals surface area contributed by atoms with E-state index in [9.17, 15) is 0 Å². The van der Waals surface area contributed by atoms with Crippen molar-refractivity contribution in [1.82, 2.24) is 24.8 Å². The van der Waals surface area contributed by atoms with Gasteiger partial charge in [-0.05, 0) is 19.9 Å². The number of nitrogens with zero attached hydrogens (tertiary/aromatic N) is 5. The molecule has 0 aliphatic carbocycles. The van der Waals surface area contributed by atoms with Gasteiger partial charge in [0.1, 0.15) is 5.82 Å². The van der Waals surface area contributed by atoms with Crippen molar-refractivity contribution in [2.45, 2.75) is 39.9 Å². The van der Waals surface area contributed by atoms with Gasteiger partial charge in [0.05, 0.1) is 6.54 Å². The first-order valence-corrected chi connectivity index (χ1v) is 7.56. The Balaban J connectivity index is 1.71. The first-order valence-electron chi connectivity index (χ1n) is 7.56. The molecule has 0 fully saturated rings. The molecule has 0 unspecified atom stereocenters. The highest BCUT2D eigenvalue weighted by Crippen LogP contribution is 2.17. The Morgan fingerprint density at radius 3 is 3.00 bits per heavy atom. The average molecular weight is 286 g/mol. The van der Waals surface area contributed by atoms with E-state index in [1.54, 1.807) is 0 Å². The summed E-state index contributed by atoms with van der Waals surface area (Å²) in [5, 5.41) is 3.39. The summed E-state index contributed by atoms with van der Waals surface area (Å²) >= 11 is 0. The highest BCUT2D eigenvalue weighted by atomic mass is 15.3. The fraction of sp³-hybridized carbons (Fsp3) is 0.533. The fourth-order valence-corrected chi connectivity index (χ4v) is 2.55. The van der Waals surface area contributed by atoms with E-state index in [1.165, 1.54) is 5.56 Å². The Bertz CT molecular complexity index is 606. The summed E-state index contributed by atoms with van der Waals surface area (Å²) in [6.07, 6.45) is 6.97. The molecule has 0 radical (unpaired) electrons. The zero-order chi connectivity index (χ0) is 14.7. The van der Waals surface area contributed by atoms with Gasteiger partial charge in [-0.25, -0.2) is 15.0 Å². The number of anilines is 1. The summed E-state index contributed by atoms with van der Waals surface area (Å²) in [6.45, 7) is 8.73. The molecule has 0 spiro atoms. The molecule has 0 amide bonds. The first kappa shape index (κ1) is 14.0. The summed E-state index contributed by atoms with van der Waals surface area (Å²) in [7, 11) is 0. The van der Waals surface area contributed by atoms with Crippen molar-refractivity contribution in [3.05, 3.63) is 35.7 Å². The van der Waals surface area contributed by atoms with Gasteiger partial charge in [0.25, 0.3) is 0 Å². The molecule has 21 heavy (non-hydrogen) atoms. The zero-order valence-electron chi connectivity index (χ0n) is 12.7. The Kier molecular flexibility index (Phi) is 4.15. The number of nitrogens with one attached hydrogen (secondary N) is 1. The molecule has 0 bridgehead atoms. The largest absolute Gasteiger partial charge is 0.332 e. The Labute approximate surface area is 125 Å². The van der Waals surface area contributed by atoms with Crippen LogP contribution < -0.4 is 10.2 Å². The molecular formula is C15H22N6. The summed E-state index contributed by atoms with van der Waals surface area (Å²) < 4.78 is 2.19. The summed E-state index contributed by atoms with van der Waals surface area (Å²) in [5.74, 6) is 1.89. The maximum absolute atomic E-state index is 4.67. The minimum atomic E-state index is 0.778. The van der Waals surface area contributed by atoms with E-state index in [4.69, 9.17) is 0 Å². The Morgan fingerprint density at radius 2 is 2.19 bits per heavy atom. The van der Waals surface area contributed by atoms with Gasteiger partial charge in [-0.2, -0.15) is 0 Å². The lowest BCUT2D eigenvalue weighted by Crippen LogP contribution is -2.35. The lowest BCUT2D eigenvalue weighted by atomic mass is 10.2. The molecule has 3 rings (SSSR count). The van der Waals surface area contributed by atoms with Crippen LogP contribution in [-0.2, 0) is 19.6 Å². The highest BCUT2D eigenvalue weighted by Gasteiger charge is 2.19. The molecular weight excluding hydrogens is 264 g/mol. The van der Waals surface area contributed by atoms with Crippen molar-refractivity contribution in [2.75, 3.05) is 18.0 Å². The number of fused-ring (bicyclic) bond motifs is 1. The third kappa shape index (κ3) is 3.05. The fourth-order valence-electron chi connectivity index (χ4n) is 2.55. The molecule has 0 saturated carbocycles. The number of aromatic nitrogens is 4. The lowest BCUT2D eigenvalue weighted by Gasteiger charge is -2.28. The van der Waals surface area contributed by atoms with Crippen molar-refractivity contribution in [2.24, 2.45) is 0 Å². The topological polar surface area (TPSA) is 58.9 Å². The number of aryl methyl sites for hydroxylation is 1. The normalized spacial score (nSPS) is 14.3. The maximum Gasteiger partial charge on any atom is 0.225 e. The molecule has 1 aliphatic rings. The molecule has 6 heteroatoms. The predicted octanol–water partition coefficient (Wildman–Crippen LogP) is 1.50. The van der Waals surface area contributed by atoms with Crippen LogP contribution in [0.3, 0.4) is 0 Å². The molecule has 0 atom stereocenters. The van der Waals surface area contributed by atoms with Crippen molar-refractivity contribution < 1.29 is 0 Å². The molecule has 2 aromatic rings. The third-order valence-corrected chi connectivity index (χ3v) is 3.84. The van der Waals surface area contributed by atoms with Gasteiger partial charge in [-0.15, -0.1) is 0 Å². The van der Waals surface area contributed by atoms with Crippen LogP contribution >= 0.6 is 0 Å². The lowest BCUT2D eigenvalue weighted by molar-refractivity contribution is 0.550. The van der Waals surface area contributed by atoms with E-state index in [2.05, 4.69) is 43.6 Å². The standard InChI is InChI=1S/C15H22N6/c1-3-4-16-9-13-10-18-15(19-12(13)2)21-8-7-20-6-5-17-14(20)11-21/h5-6,10,16H,3-4,7-9,11H2,1-2H3. The van der Waals surface area contributed by atoms with Gasteiger partial charge in [-0.3, -0.25) is 0 Å². The van der Waals surface area contributed by atoms with Gasteiger partial charge < -0.3 is 14.8 Å². The number of hydrogen-bond donors (Lipinski definition) is 1. The van der Waals surface area contributed by atoms with Crippen molar-refractivity contribution >= 4 is 5.95 Å². The average Bonchev–Trinajstić information content (AvgIpc) is 2.96. The van der Waals surface area contributed by atoms with Gasteiger partial charge >= 0.3 is 0 Å². The van der Waals surface area contributed by atoms with Crippen LogP contribution in [0.15, 0.2) is 18.6 Å². The summed E-state index contributed by atoms with van der Waals surface area (Å²) in [6, 6.07) is 0. The number of imidazole rings is 1. The van der Waals surface area contributed by atoms with E-state index in [1.807, 2.05) is 18.6 Å². The molecule has 3 heterocycles. The summed E-state index contributed by atoms with van der Waals surface area (Å²) in [4.78, 5) is 15.8. The highest BCUT2D eigenvalue weighted by molar-refractivity contribution is 5.34. The number of hydrogen-bond acceptors (Lipinski definition) is 5. The second-order valence-electron chi connectivity index (χ2n) is 5.42. The van der Waals surface area contributed by atoms with Crippen LogP contribution in [0.25, 0.3) is 0 Å². The van der Waals surface area contributed by atoms with Crippen LogP contribution in [-0.4, -0.2) is 32.6 Å². The number of rotatable bonds is 5. The predicted molar refractivity (Wildman–Crippen MR) is 82.0 cm³/mol. The second kappa shape index (κ2) is 6.22. The second-order valence-corrected chi connectivity index (χ2v) is 5.42. The van der Waals surface area contributed by atoms with Gasteiger partial charge in [0.2, 0.25) is 5.95 Å². The van der Waals surface area contributed by atoms with Crippen LogP contribution in [0.1, 0.15) is 30.4 Å². The quantitative estimate of drug-likeness (QED) is 0.844. The molecule has 0 aromatic carbocycles. The van der Waals surface area contributed by atoms with Crippen molar-refractivity contribution in [1.29, 1.82) is 0 Å². The molecule has 2 aromatic heterocycles. The molecule has 6 nitrogen and oxygen atoms in total. The zero-order valence-corrected chi connectivity index (χ0v) is 12.7. The van der Waals surface area contributed by atoms with Crippen LogP contribution in [0.2, 0.25) is 0 Å². The van der Waals surface area contributed by atoms with Gasteiger partial charge in [0.15, 0.2) is 0 Å². The minimum absolute atomic E-state index is 0.778. The molecule has 1 N–H and O–H groups in total. The first-order chi connectivity index (χ1) is 10.3. The third-order valence-electron chi connectivity index (χ3n) is 3.84. The van der Waals surface area contributed by atoms with Crippen molar-refractivity contribution in [3.8, 4) is 0 Å². The van der Waals surface area contributed by atoms with E-state index in [-0.39, 0.29) is 0 Å². The SMILES string of the molecule is CCCNCc1cnc(N2CCn3ccnc3C2)nc1C. The molecule has 0 saturated heterocycles. The monoisotopic (exact) mass is 286 g/mol. The van der Waals surface area contributed by atoms with E-state index in [0.717, 1.165) is 56.6 Å². The summed E-state index contributed by atoms with van der Waals surface area (Å²) in [5.41, 5.74) is 2.23. The van der Waals surface area contributed by atoms with Gasteiger partial charge in [0, 0.05) is 49.5 Å². The molecule has 1 aliphatic heterocycles. The molecule has 112 valence electrons. The maximum atomic E-state index is 4.67. The smallest absolute Gasteiger partial charge is 0.225 e. The Morgan fingerprint density at radius 1 is 1.29 bits per heavy atom. The van der Waals surface area contributed by atoms with Crippen molar-refractivity contribution in [3.63, 3.8) is 0 Å². The van der Waals surface area contributed by atoms with E-state index < -0.39 is 0 Å². The van der Waals surface area contributed by atoms with E-state index in [0.29, 0.717) is 0 Å². The van der Waals surface area contributed by atoms with Crippen LogP contribution in [0, 0.1) is 6.92 Å². The van der Waals surface area contributed by atoms with E-state index >= 15 is 0 Å². The Hall–Kier alpha value is -1.95. The van der Waals surface area contributed by atoms with Crippen LogP contribution in [0.4, 0.5) is 5.95 Å².